The number of ether oxygens (including phenoxy) is 3. The summed E-state index contributed by atoms with van der Waals surface area (Å²) in [6.45, 7) is 65.6. The Bertz CT molecular complexity index is 4730. The number of rotatable bonds is 11. The SMILES string of the molecule is CC(C)(C)c1cc(-c2cc(Br)cc(Br)c2)cc(C(C)(C)C)c1.CC1(C)OB(B2OC(C)(C)C(C)(C)O2)OC1(C)C.COc1ccccc1-c1cc(B2OC(C)(C)C(C)(C)O2)cc(-c2cc(C(C)(C)C)cc(C(C)(C)C)c2)c1.COc1ccccc1-c1cc(Br)cc(-c2cc(C(C)(C)C)cc(C(C)(C)C)c2)c1.COc1ccccc1B(O)O. The van der Waals surface area contributed by atoms with Gasteiger partial charge in [0.2, 0.25) is 0 Å². The molecular formula is C99H131B4Br3O11. The molecule has 3 aliphatic heterocycles. The third kappa shape index (κ3) is 24.1. The molecule has 626 valence electrons. The van der Waals surface area contributed by atoms with Gasteiger partial charge in [0, 0.05) is 30.0 Å². The molecule has 117 heavy (non-hydrogen) atoms. The molecule has 18 heteroatoms. The van der Waals surface area contributed by atoms with Crippen molar-refractivity contribution in [2.75, 3.05) is 21.3 Å². The minimum atomic E-state index is -1.47. The van der Waals surface area contributed by atoms with E-state index in [0.29, 0.717) is 11.2 Å². The number of methoxy groups -OCH3 is 3. The van der Waals surface area contributed by atoms with E-state index in [1.165, 1.54) is 68.3 Å². The molecule has 0 aromatic heterocycles. The van der Waals surface area contributed by atoms with Crippen LogP contribution < -0.4 is 25.1 Å². The fraction of sp³-hybridized carbons (Fsp3) is 0.455. The van der Waals surface area contributed by atoms with Crippen molar-refractivity contribution < 1.29 is 52.2 Å². The Morgan fingerprint density at radius 1 is 0.282 bits per heavy atom. The van der Waals surface area contributed by atoms with Crippen LogP contribution in [0.2, 0.25) is 0 Å². The molecule has 0 aliphatic carbocycles. The molecule has 0 spiro atoms. The summed E-state index contributed by atoms with van der Waals surface area (Å²) in [7, 11) is 2.06. The highest BCUT2D eigenvalue weighted by Gasteiger charge is 2.64. The smallest absolute Gasteiger partial charge is 0.494 e. The van der Waals surface area contributed by atoms with Gasteiger partial charge in [0.25, 0.3) is 0 Å². The zero-order valence-electron chi connectivity index (χ0n) is 76.3. The fourth-order valence-electron chi connectivity index (χ4n) is 13.3. The second-order valence-corrected chi connectivity index (χ2v) is 43.2. The second-order valence-electron chi connectivity index (χ2n) is 40.5. The van der Waals surface area contributed by atoms with Gasteiger partial charge < -0.3 is 52.2 Å². The third-order valence-corrected chi connectivity index (χ3v) is 24.6. The zero-order chi connectivity index (χ0) is 87.7. The highest BCUT2D eigenvalue weighted by atomic mass is 79.9. The molecule has 11 nitrogen and oxygen atoms in total. The Labute approximate surface area is 730 Å². The number of para-hydroxylation sites is 3. The molecule has 0 unspecified atom stereocenters. The molecule has 12 rings (SSSR count). The van der Waals surface area contributed by atoms with Gasteiger partial charge in [0.05, 0.1) is 54.9 Å². The Morgan fingerprint density at radius 2 is 0.513 bits per heavy atom. The van der Waals surface area contributed by atoms with Crippen LogP contribution in [0, 0.1) is 0 Å². The molecule has 0 saturated carbocycles. The summed E-state index contributed by atoms with van der Waals surface area (Å²) >= 11 is 10.9. The molecule has 9 aromatic carbocycles. The van der Waals surface area contributed by atoms with Gasteiger partial charge >= 0.3 is 28.3 Å². The Kier molecular flexibility index (Phi) is 30.0. The van der Waals surface area contributed by atoms with E-state index in [2.05, 4.69) is 334 Å². The van der Waals surface area contributed by atoms with Crippen molar-refractivity contribution in [1.29, 1.82) is 0 Å². The van der Waals surface area contributed by atoms with Gasteiger partial charge in [0.1, 0.15) is 17.2 Å². The van der Waals surface area contributed by atoms with E-state index in [0.717, 1.165) is 58.2 Å². The first-order valence-electron chi connectivity index (χ1n) is 40.8. The van der Waals surface area contributed by atoms with Crippen LogP contribution in [-0.4, -0.2) is 93.2 Å². The van der Waals surface area contributed by atoms with E-state index in [4.69, 9.17) is 52.2 Å². The van der Waals surface area contributed by atoms with E-state index >= 15 is 0 Å². The summed E-state index contributed by atoms with van der Waals surface area (Å²) in [5.74, 6) is 2.22. The van der Waals surface area contributed by atoms with Crippen molar-refractivity contribution in [3.63, 3.8) is 0 Å². The van der Waals surface area contributed by atoms with Crippen LogP contribution in [0.3, 0.4) is 0 Å². The predicted octanol–water partition coefficient (Wildman–Crippen LogP) is 25.4. The van der Waals surface area contributed by atoms with Crippen molar-refractivity contribution >= 4 is 87.0 Å². The van der Waals surface area contributed by atoms with Crippen molar-refractivity contribution in [3.05, 3.63) is 229 Å². The zero-order valence-corrected chi connectivity index (χ0v) is 81.1. The number of benzene rings is 9. The third-order valence-electron chi connectivity index (χ3n) is 23.3. The van der Waals surface area contributed by atoms with Gasteiger partial charge in [-0.1, -0.05) is 294 Å². The van der Waals surface area contributed by atoms with Crippen molar-refractivity contribution in [3.8, 4) is 72.9 Å². The number of halogens is 3. The highest BCUT2D eigenvalue weighted by molar-refractivity contribution is 9.11. The van der Waals surface area contributed by atoms with Crippen molar-refractivity contribution in [2.24, 2.45) is 0 Å². The molecule has 0 radical (unpaired) electrons. The fourth-order valence-corrected chi connectivity index (χ4v) is 15.1. The summed E-state index contributed by atoms with van der Waals surface area (Å²) < 4.78 is 56.3. The van der Waals surface area contributed by atoms with E-state index in [1.54, 1.807) is 38.5 Å². The molecule has 0 atom stereocenters. The van der Waals surface area contributed by atoms with E-state index in [-0.39, 0.29) is 54.9 Å². The maximum absolute atomic E-state index is 8.81. The van der Waals surface area contributed by atoms with E-state index in [1.807, 2.05) is 79.7 Å². The average molecular weight is 1780 g/mol. The average Bonchev–Trinajstić information content (AvgIpc) is 1.62. The molecule has 0 bridgehead atoms. The first kappa shape index (κ1) is 96.2. The first-order chi connectivity index (χ1) is 53.6. The Balaban J connectivity index is 0.000000192. The quantitative estimate of drug-likeness (QED) is 0.120. The predicted molar refractivity (Wildman–Crippen MR) is 506 cm³/mol. The summed E-state index contributed by atoms with van der Waals surface area (Å²) in [5.41, 5.74) is 19.5. The monoisotopic (exact) mass is 1780 g/mol. The van der Waals surface area contributed by atoms with Crippen LogP contribution in [0.1, 0.15) is 241 Å². The molecule has 2 N–H and O–H groups in total. The molecule has 0 amide bonds. The molecule has 3 heterocycles. The van der Waals surface area contributed by atoms with Crippen LogP contribution in [-0.2, 0) is 60.4 Å². The summed E-state index contributed by atoms with van der Waals surface area (Å²) in [6, 6.07) is 63.9. The first-order valence-corrected chi connectivity index (χ1v) is 43.2. The van der Waals surface area contributed by atoms with Crippen molar-refractivity contribution in [2.45, 2.75) is 274 Å². The minimum Gasteiger partial charge on any atom is -0.497 e. The van der Waals surface area contributed by atoms with Gasteiger partial charge in [-0.05, 0) is 260 Å². The van der Waals surface area contributed by atoms with Crippen LogP contribution >= 0.6 is 47.8 Å². The maximum atomic E-state index is 8.81. The largest absolute Gasteiger partial charge is 0.497 e. The van der Waals surface area contributed by atoms with Gasteiger partial charge in [-0.3, -0.25) is 0 Å². The van der Waals surface area contributed by atoms with Gasteiger partial charge in [-0.2, -0.15) is 0 Å². The minimum absolute atomic E-state index is 0.0326. The number of hydrogen-bond donors (Lipinski definition) is 2. The van der Waals surface area contributed by atoms with Crippen LogP contribution in [0.5, 0.6) is 17.2 Å². The molecule has 3 saturated heterocycles. The lowest BCUT2D eigenvalue weighted by Crippen LogP contribution is -2.41. The maximum Gasteiger partial charge on any atom is 0.494 e. The van der Waals surface area contributed by atoms with Crippen LogP contribution in [0.4, 0.5) is 0 Å². The second kappa shape index (κ2) is 36.4. The van der Waals surface area contributed by atoms with Crippen molar-refractivity contribution in [1.82, 2.24) is 0 Å². The molecule has 3 aliphatic rings. The summed E-state index contributed by atoms with van der Waals surface area (Å²) in [5, 5.41) is 17.6. The van der Waals surface area contributed by atoms with Gasteiger partial charge in [-0.25, -0.2) is 0 Å². The topological polar surface area (TPSA) is 124 Å². The van der Waals surface area contributed by atoms with Crippen LogP contribution in [0.25, 0.3) is 55.6 Å². The Hall–Kier alpha value is -6.24. The number of hydrogen-bond acceptors (Lipinski definition) is 11. The Morgan fingerprint density at radius 3 is 0.803 bits per heavy atom. The lowest BCUT2D eigenvalue weighted by Gasteiger charge is -2.32. The molecule has 9 aromatic rings. The molecule has 3 fully saturated rings. The van der Waals surface area contributed by atoms with Gasteiger partial charge in [-0.15, -0.1) is 0 Å². The lowest BCUT2D eigenvalue weighted by atomic mass is 9.49. The highest BCUT2D eigenvalue weighted by Crippen LogP contribution is 2.46. The lowest BCUT2D eigenvalue weighted by molar-refractivity contribution is 0.00578. The normalized spacial score (nSPS) is 16.6. The standard InChI is InChI=1S/C33H43BO3.C27H31BrO.C20H24Br2.C12H24B2O4.C7H9BO3/c1-30(2,3)25-17-23(18-26(21-25)31(4,5)6)22-16-24(28-14-12-13-15-29(28)35-11)20-27(19-22)34-36-32(7,8)33(9,10)37-34;1-26(2,3)21-13-19(14-22(17-21)27(4,5)6)18-12-20(16-23(28)15-18)24-10-8-9-11-25(24)29-7;1-19(2,3)15-7-13(8-16(11-15)20(4,5)6)14-9-17(21)12-18(22)10-14;1-9(2)10(3,4)16-13(15-9)14-17-11(5,6)12(7,8)18-14;1-11-7-5-3-2-4-6(7)8(9)10/h12-21H,1-11H3;8-17H,1-7H3;7-12H,1-6H3;1-8H3;2-5,9-10H,1H3. The molecular weight excluding hydrogens is 1650 g/mol. The van der Waals surface area contributed by atoms with E-state index in [9.17, 15) is 0 Å². The summed E-state index contributed by atoms with van der Waals surface area (Å²) in [6.07, 6.45) is 0. The summed E-state index contributed by atoms with van der Waals surface area (Å²) in [4.78, 5) is 0. The van der Waals surface area contributed by atoms with Crippen LogP contribution in [0.15, 0.2) is 195 Å². The van der Waals surface area contributed by atoms with Gasteiger partial charge in [0.15, 0.2) is 0 Å². The van der Waals surface area contributed by atoms with E-state index < -0.39 is 39.5 Å².